The van der Waals surface area contributed by atoms with Crippen molar-refractivity contribution in [3.63, 3.8) is 0 Å². The minimum atomic E-state index is -1.05. The van der Waals surface area contributed by atoms with Gasteiger partial charge in [0.15, 0.2) is 0 Å². The summed E-state index contributed by atoms with van der Waals surface area (Å²) in [6.45, 7) is 1.51. The molecule has 18 heavy (non-hydrogen) atoms. The van der Waals surface area contributed by atoms with Gasteiger partial charge < -0.3 is 9.84 Å². The number of carboxylic acid groups (broad SMARTS) is 1. The topological polar surface area (TPSA) is 89.7 Å². The molecule has 0 fully saturated rings. The summed E-state index contributed by atoms with van der Waals surface area (Å²) >= 11 is 8.80. The van der Waals surface area contributed by atoms with Gasteiger partial charge in [-0.05, 0) is 28.9 Å². The number of nitro groups is 1. The lowest BCUT2D eigenvalue weighted by atomic mass is 10.2. The van der Waals surface area contributed by atoms with Crippen molar-refractivity contribution in [3.8, 4) is 5.75 Å². The molecule has 1 aromatic rings. The number of rotatable bonds is 5. The van der Waals surface area contributed by atoms with Crippen LogP contribution in [0.3, 0.4) is 0 Å². The van der Waals surface area contributed by atoms with E-state index in [0.29, 0.717) is 4.47 Å². The molecule has 0 aliphatic rings. The molecule has 0 saturated carbocycles. The van der Waals surface area contributed by atoms with Crippen molar-refractivity contribution in [1.82, 2.24) is 0 Å². The molecular weight excluding hydrogens is 329 g/mol. The van der Waals surface area contributed by atoms with E-state index < -0.39 is 17.0 Å². The van der Waals surface area contributed by atoms with Gasteiger partial charge in [0.25, 0.3) is 0 Å². The Balaban J connectivity index is 3.07. The summed E-state index contributed by atoms with van der Waals surface area (Å²) in [4.78, 5) is 20.7. The number of nitro benzene ring substituents is 1. The highest BCUT2D eigenvalue weighted by Gasteiger charge is 2.22. The number of benzene rings is 1. The van der Waals surface area contributed by atoms with Crippen LogP contribution in [0, 0.1) is 10.1 Å². The predicted molar refractivity (Wildman–Crippen MR) is 68.1 cm³/mol. The fraction of sp³-hybridized carbons (Fsp3) is 0.300. The molecule has 0 radical (unpaired) electrons. The maximum Gasteiger partial charge on any atom is 0.313 e. The molecule has 0 saturated heterocycles. The Hall–Kier alpha value is -1.34. The molecule has 0 bridgehead atoms. The third-order valence-corrected chi connectivity index (χ3v) is 2.77. The van der Waals surface area contributed by atoms with Crippen molar-refractivity contribution < 1.29 is 19.6 Å². The van der Waals surface area contributed by atoms with Crippen molar-refractivity contribution in [2.75, 3.05) is 0 Å². The van der Waals surface area contributed by atoms with Gasteiger partial charge in [-0.15, -0.1) is 0 Å². The van der Waals surface area contributed by atoms with E-state index in [0.717, 1.165) is 6.07 Å². The highest BCUT2D eigenvalue weighted by Crippen LogP contribution is 2.38. The van der Waals surface area contributed by atoms with Gasteiger partial charge in [-0.1, -0.05) is 11.6 Å². The van der Waals surface area contributed by atoms with Gasteiger partial charge >= 0.3 is 11.7 Å². The van der Waals surface area contributed by atoms with Crippen LogP contribution in [0.4, 0.5) is 5.69 Å². The average molecular weight is 339 g/mol. The van der Waals surface area contributed by atoms with E-state index in [2.05, 4.69) is 15.9 Å². The molecule has 98 valence electrons. The fourth-order valence-corrected chi connectivity index (χ4v) is 2.18. The SMILES string of the molecule is CC(CC(=O)O)Oc1c(Br)cc(Cl)cc1[N+](=O)[O-]. The predicted octanol–water partition coefficient (Wildman–Crippen LogP) is 3.25. The Bertz CT molecular complexity index is 493. The average Bonchev–Trinajstić information content (AvgIpc) is 2.20. The summed E-state index contributed by atoms with van der Waals surface area (Å²) in [6.07, 6.45) is -0.953. The third kappa shape index (κ3) is 3.85. The van der Waals surface area contributed by atoms with E-state index in [9.17, 15) is 14.9 Å². The van der Waals surface area contributed by atoms with Crippen molar-refractivity contribution in [1.29, 1.82) is 0 Å². The first-order valence-corrected chi connectivity index (χ1v) is 6.00. The van der Waals surface area contributed by atoms with Crippen molar-refractivity contribution in [3.05, 3.63) is 31.7 Å². The third-order valence-electron chi connectivity index (χ3n) is 1.97. The molecule has 0 amide bonds. The lowest BCUT2D eigenvalue weighted by Gasteiger charge is -2.14. The van der Waals surface area contributed by atoms with Crippen LogP contribution in [-0.4, -0.2) is 22.1 Å². The van der Waals surface area contributed by atoms with Crippen molar-refractivity contribution in [2.24, 2.45) is 0 Å². The second kappa shape index (κ2) is 6.01. The zero-order valence-corrected chi connectivity index (χ0v) is 11.6. The number of hydrogen-bond donors (Lipinski definition) is 1. The Morgan fingerprint density at radius 2 is 2.28 bits per heavy atom. The maximum absolute atomic E-state index is 10.9. The highest BCUT2D eigenvalue weighted by molar-refractivity contribution is 9.10. The van der Waals surface area contributed by atoms with Crippen LogP contribution < -0.4 is 4.74 Å². The van der Waals surface area contributed by atoms with E-state index in [1.807, 2.05) is 0 Å². The molecule has 8 heteroatoms. The zero-order chi connectivity index (χ0) is 13.9. The smallest absolute Gasteiger partial charge is 0.313 e. The van der Waals surface area contributed by atoms with Gasteiger partial charge in [-0.25, -0.2) is 0 Å². The summed E-state index contributed by atoms with van der Waals surface area (Å²) in [5.74, 6) is -1.08. The van der Waals surface area contributed by atoms with E-state index >= 15 is 0 Å². The van der Waals surface area contributed by atoms with Gasteiger partial charge in [0.2, 0.25) is 5.75 Å². The number of ether oxygens (including phenoxy) is 1. The van der Waals surface area contributed by atoms with Gasteiger partial charge in [0.1, 0.15) is 6.10 Å². The van der Waals surface area contributed by atoms with Gasteiger partial charge in [0, 0.05) is 11.1 Å². The van der Waals surface area contributed by atoms with Crippen LogP contribution in [-0.2, 0) is 4.79 Å². The number of carboxylic acids is 1. The molecule has 1 atom stereocenters. The molecule has 0 heterocycles. The molecule has 0 aromatic heterocycles. The molecular formula is C10H9BrClNO5. The lowest BCUT2D eigenvalue weighted by Crippen LogP contribution is -2.17. The number of halogens is 2. The first kappa shape index (κ1) is 14.7. The molecule has 0 spiro atoms. The molecule has 1 rings (SSSR count). The highest BCUT2D eigenvalue weighted by atomic mass is 79.9. The van der Waals surface area contributed by atoms with Crippen molar-refractivity contribution in [2.45, 2.75) is 19.4 Å². The summed E-state index contributed by atoms with van der Waals surface area (Å²) in [5, 5.41) is 19.7. The van der Waals surface area contributed by atoms with E-state index in [1.54, 1.807) is 0 Å². The Labute approximate surface area is 116 Å². The summed E-state index contributed by atoms with van der Waals surface area (Å²) in [5.41, 5.74) is -0.313. The first-order valence-electron chi connectivity index (χ1n) is 4.83. The summed E-state index contributed by atoms with van der Waals surface area (Å²) in [7, 11) is 0. The Morgan fingerprint density at radius 3 is 2.78 bits per heavy atom. The van der Waals surface area contributed by atoms with Crippen LogP contribution >= 0.6 is 27.5 Å². The standard InChI is InChI=1S/C10H9BrClNO5/c1-5(2-9(14)15)18-10-7(11)3-6(12)4-8(10)13(16)17/h3-5H,2H2,1H3,(H,14,15). The van der Waals surface area contributed by atoms with Crippen LogP contribution in [0.1, 0.15) is 13.3 Å². The van der Waals surface area contributed by atoms with Gasteiger partial charge in [0.05, 0.1) is 15.8 Å². The molecule has 6 nitrogen and oxygen atoms in total. The van der Waals surface area contributed by atoms with Gasteiger partial charge in [-0.2, -0.15) is 0 Å². The van der Waals surface area contributed by atoms with E-state index in [4.69, 9.17) is 21.4 Å². The maximum atomic E-state index is 10.9. The minimum absolute atomic E-state index is 0.0295. The first-order chi connectivity index (χ1) is 8.31. The molecule has 1 aromatic carbocycles. The van der Waals surface area contributed by atoms with Crippen LogP contribution in [0.5, 0.6) is 5.75 Å². The quantitative estimate of drug-likeness (QED) is 0.657. The van der Waals surface area contributed by atoms with Crippen LogP contribution in [0.15, 0.2) is 16.6 Å². The Kier molecular flexibility index (Phi) is 4.92. The van der Waals surface area contributed by atoms with E-state index in [1.165, 1.54) is 13.0 Å². The Morgan fingerprint density at radius 1 is 1.67 bits per heavy atom. The molecule has 1 unspecified atom stereocenters. The van der Waals surface area contributed by atoms with Crippen molar-refractivity contribution >= 4 is 39.2 Å². The molecule has 1 N–H and O–H groups in total. The molecule has 0 aliphatic carbocycles. The number of nitrogens with zero attached hydrogens (tertiary/aromatic N) is 1. The van der Waals surface area contributed by atoms with Crippen LogP contribution in [0.25, 0.3) is 0 Å². The second-order valence-electron chi connectivity index (χ2n) is 3.52. The number of aliphatic carboxylic acids is 1. The summed E-state index contributed by atoms with van der Waals surface area (Å²) in [6, 6.07) is 2.59. The number of hydrogen-bond acceptors (Lipinski definition) is 4. The molecule has 0 aliphatic heterocycles. The van der Waals surface area contributed by atoms with Crippen LogP contribution in [0.2, 0.25) is 5.02 Å². The zero-order valence-electron chi connectivity index (χ0n) is 9.22. The largest absolute Gasteiger partial charge is 0.482 e. The normalized spacial score (nSPS) is 11.9. The monoisotopic (exact) mass is 337 g/mol. The number of carbonyl (C=O) groups is 1. The van der Waals surface area contributed by atoms with Gasteiger partial charge in [-0.3, -0.25) is 14.9 Å². The summed E-state index contributed by atoms with van der Waals surface area (Å²) < 4.78 is 5.58. The fourth-order valence-electron chi connectivity index (χ4n) is 1.29. The lowest BCUT2D eigenvalue weighted by molar-refractivity contribution is -0.386. The van der Waals surface area contributed by atoms with E-state index in [-0.39, 0.29) is 22.9 Å². The minimum Gasteiger partial charge on any atom is -0.482 e. The second-order valence-corrected chi connectivity index (χ2v) is 4.81.